The minimum Gasteiger partial charge on any atom is -0.486 e. The van der Waals surface area contributed by atoms with Gasteiger partial charge in [0, 0.05) is 38.3 Å². The number of hydrogen-bond acceptors (Lipinski definition) is 4. The number of nitrogens with zero attached hydrogens (tertiary/aromatic N) is 3. The molecule has 3 heterocycles. The minimum absolute atomic E-state index is 0.0404. The van der Waals surface area contributed by atoms with Crippen molar-refractivity contribution in [3.63, 3.8) is 0 Å². The third-order valence-electron chi connectivity index (χ3n) is 6.29. The van der Waals surface area contributed by atoms with Crippen LogP contribution in [-0.2, 0) is 12.7 Å². The molecule has 0 radical (unpaired) electrons. The third-order valence-corrected chi connectivity index (χ3v) is 6.29. The molecule has 3 aromatic rings. The van der Waals surface area contributed by atoms with Crippen LogP contribution in [0.25, 0.3) is 11.3 Å². The fourth-order valence-electron chi connectivity index (χ4n) is 4.13. The van der Waals surface area contributed by atoms with Crippen molar-refractivity contribution in [2.45, 2.75) is 25.2 Å². The summed E-state index contributed by atoms with van der Waals surface area (Å²) in [5, 5.41) is 0. The van der Waals surface area contributed by atoms with Crippen molar-refractivity contribution in [2.24, 2.45) is 0 Å². The SMILES string of the molecule is O=C(c1ccc(-c2ccc(OC3CN(Cc4ccc(C(F)(F)F)cc4)C3)cn2)cc1F)N1CCC1. The number of pyridine rings is 1. The van der Waals surface area contributed by atoms with E-state index >= 15 is 0 Å². The molecule has 0 bridgehead atoms. The Labute approximate surface area is 199 Å². The molecule has 1 aromatic heterocycles. The zero-order valence-electron chi connectivity index (χ0n) is 18.8. The van der Waals surface area contributed by atoms with Gasteiger partial charge in [0.15, 0.2) is 0 Å². The van der Waals surface area contributed by atoms with Gasteiger partial charge in [-0.3, -0.25) is 14.7 Å². The van der Waals surface area contributed by atoms with Crippen molar-refractivity contribution in [3.05, 3.63) is 83.3 Å². The lowest BCUT2D eigenvalue weighted by molar-refractivity contribution is -0.137. The van der Waals surface area contributed by atoms with Crippen molar-refractivity contribution in [3.8, 4) is 17.0 Å². The molecule has 0 atom stereocenters. The molecule has 5 rings (SSSR count). The summed E-state index contributed by atoms with van der Waals surface area (Å²) >= 11 is 0. The number of hydrogen-bond donors (Lipinski definition) is 0. The highest BCUT2D eigenvalue weighted by atomic mass is 19.4. The number of carbonyl (C=O) groups is 1. The molecule has 2 aliphatic heterocycles. The molecule has 182 valence electrons. The second kappa shape index (κ2) is 9.30. The normalized spacial score (nSPS) is 16.5. The molecule has 2 aliphatic rings. The van der Waals surface area contributed by atoms with E-state index in [4.69, 9.17) is 4.74 Å². The standard InChI is InChI=1S/C26H23F4N3O2/c27-23-12-18(4-8-22(23)25(34)33-10-1-11-33)24-9-7-20(13-31-24)35-21-15-32(16-21)14-17-2-5-19(6-3-17)26(28,29)30/h2-9,12-13,21H,1,10-11,14-16H2. The number of amides is 1. The summed E-state index contributed by atoms with van der Waals surface area (Å²) in [6.07, 6.45) is -1.85. The van der Waals surface area contributed by atoms with Gasteiger partial charge in [0.05, 0.1) is 23.0 Å². The number of benzene rings is 2. The van der Waals surface area contributed by atoms with Crippen LogP contribution in [0.1, 0.15) is 27.9 Å². The molecule has 2 saturated heterocycles. The Morgan fingerprint density at radius 2 is 1.77 bits per heavy atom. The number of alkyl halides is 3. The van der Waals surface area contributed by atoms with Crippen molar-refractivity contribution in [2.75, 3.05) is 26.2 Å². The topological polar surface area (TPSA) is 45.7 Å². The summed E-state index contributed by atoms with van der Waals surface area (Å²) in [6, 6.07) is 13.2. The summed E-state index contributed by atoms with van der Waals surface area (Å²) in [5.41, 5.74) is 1.37. The molecule has 0 saturated carbocycles. The largest absolute Gasteiger partial charge is 0.486 e. The average Bonchev–Trinajstić information content (AvgIpc) is 2.76. The zero-order chi connectivity index (χ0) is 24.6. The fraction of sp³-hybridized carbons (Fsp3) is 0.308. The van der Waals surface area contributed by atoms with Crippen LogP contribution in [0.2, 0.25) is 0 Å². The average molecular weight is 485 g/mol. The second-order valence-corrected chi connectivity index (χ2v) is 8.85. The van der Waals surface area contributed by atoms with Crippen molar-refractivity contribution in [1.29, 1.82) is 0 Å². The highest BCUT2D eigenvalue weighted by molar-refractivity contribution is 5.95. The number of likely N-dealkylation sites (tertiary alicyclic amines) is 2. The van der Waals surface area contributed by atoms with Gasteiger partial charge in [0.25, 0.3) is 5.91 Å². The monoisotopic (exact) mass is 485 g/mol. The molecule has 35 heavy (non-hydrogen) atoms. The van der Waals surface area contributed by atoms with E-state index in [2.05, 4.69) is 9.88 Å². The minimum atomic E-state index is -4.33. The Morgan fingerprint density at radius 3 is 2.34 bits per heavy atom. The molecule has 0 aliphatic carbocycles. The molecule has 0 unspecified atom stereocenters. The molecule has 1 amide bonds. The smallest absolute Gasteiger partial charge is 0.416 e. The first kappa shape index (κ1) is 23.3. The van der Waals surface area contributed by atoms with Crippen LogP contribution in [0.3, 0.4) is 0 Å². The van der Waals surface area contributed by atoms with Gasteiger partial charge in [0.1, 0.15) is 17.7 Å². The van der Waals surface area contributed by atoms with E-state index in [1.807, 2.05) is 0 Å². The molecule has 9 heteroatoms. The van der Waals surface area contributed by atoms with Gasteiger partial charge in [-0.25, -0.2) is 4.39 Å². The first-order chi connectivity index (χ1) is 16.8. The molecule has 2 fully saturated rings. The Morgan fingerprint density at radius 1 is 1.03 bits per heavy atom. The predicted octanol–water partition coefficient (Wildman–Crippen LogP) is 5.02. The van der Waals surface area contributed by atoms with Crippen LogP contribution in [0, 0.1) is 5.82 Å². The van der Waals surface area contributed by atoms with Crippen LogP contribution in [0.15, 0.2) is 60.8 Å². The van der Waals surface area contributed by atoms with E-state index in [1.54, 1.807) is 29.3 Å². The molecular weight excluding hydrogens is 462 g/mol. The molecule has 0 spiro atoms. The van der Waals surface area contributed by atoms with Crippen LogP contribution < -0.4 is 4.74 Å². The van der Waals surface area contributed by atoms with E-state index in [1.165, 1.54) is 24.3 Å². The maximum absolute atomic E-state index is 14.5. The Kier molecular flexibility index (Phi) is 6.19. The van der Waals surface area contributed by atoms with Crippen LogP contribution >= 0.6 is 0 Å². The van der Waals surface area contributed by atoms with E-state index < -0.39 is 17.6 Å². The van der Waals surface area contributed by atoms with Gasteiger partial charge < -0.3 is 9.64 Å². The van der Waals surface area contributed by atoms with Gasteiger partial charge in [-0.15, -0.1) is 0 Å². The van der Waals surface area contributed by atoms with Gasteiger partial charge in [-0.2, -0.15) is 13.2 Å². The molecule has 2 aromatic carbocycles. The second-order valence-electron chi connectivity index (χ2n) is 8.85. The summed E-state index contributed by atoms with van der Waals surface area (Å²) in [6.45, 7) is 3.19. The van der Waals surface area contributed by atoms with Crippen molar-refractivity contribution < 1.29 is 27.1 Å². The maximum atomic E-state index is 14.5. The summed E-state index contributed by atoms with van der Waals surface area (Å²) in [4.78, 5) is 20.3. The molecule has 0 N–H and O–H groups in total. The highest BCUT2D eigenvalue weighted by Crippen LogP contribution is 2.30. The van der Waals surface area contributed by atoms with E-state index in [9.17, 15) is 22.4 Å². The van der Waals surface area contributed by atoms with Gasteiger partial charge in [-0.05, 0) is 48.4 Å². The molecular formula is C26H23F4N3O2. The van der Waals surface area contributed by atoms with Gasteiger partial charge in [0.2, 0.25) is 0 Å². The lowest BCUT2D eigenvalue weighted by Gasteiger charge is -2.39. The maximum Gasteiger partial charge on any atom is 0.416 e. The lowest BCUT2D eigenvalue weighted by atomic mass is 10.1. The summed E-state index contributed by atoms with van der Waals surface area (Å²) in [5.74, 6) is -0.271. The Balaban J connectivity index is 1.13. The first-order valence-electron chi connectivity index (χ1n) is 11.4. The summed E-state index contributed by atoms with van der Waals surface area (Å²) < 4.78 is 58.5. The van der Waals surface area contributed by atoms with Crippen molar-refractivity contribution >= 4 is 5.91 Å². The third kappa shape index (κ3) is 5.14. The van der Waals surface area contributed by atoms with Crippen LogP contribution in [0.4, 0.5) is 17.6 Å². The summed E-state index contributed by atoms with van der Waals surface area (Å²) in [7, 11) is 0. The molecule has 5 nitrogen and oxygen atoms in total. The zero-order valence-corrected chi connectivity index (χ0v) is 18.8. The Hall–Kier alpha value is -3.46. The fourth-order valence-corrected chi connectivity index (χ4v) is 4.13. The van der Waals surface area contributed by atoms with E-state index in [0.717, 1.165) is 24.1 Å². The number of ether oxygens (including phenoxy) is 1. The first-order valence-corrected chi connectivity index (χ1v) is 11.4. The number of aromatic nitrogens is 1. The van der Waals surface area contributed by atoms with Gasteiger partial charge >= 0.3 is 6.18 Å². The van der Waals surface area contributed by atoms with Crippen molar-refractivity contribution in [1.82, 2.24) is 14.8 Å². The Bertz CT molecular complexity index is 1200. The van der Waals surface area contributed by atoms with Gasteiger partial charge in [-0.1, -0.05) is 18.2 Å². The number of rotatable bonds is 6. The van der Waals surface area contributed by atoms with Crippen LogP contribution in [0.5, 0.6) is 5.75 Å². The lowest BCUT2D eigenvalue weighted by Crippen LogP contribution is -2.53. The van der Waals surface area contributed by atoms with Crippen LogP contribution in [-0.4, -0.2) is 53.0 Å². The number of halogens is 4. The van der Waals surface area contributed by atoms with E-state index in [0.29, 0.717) is 49.7 Å². The highest BCUT2D eigenvalue weighted by Gasteiger charge is 2.31. The predicted molar refractivity (Wildman–Crippen MR) is 121 cm³/mol. The number of carbonyl (C=O) groups excluding carboxylic acids is 1. The quantitative estimate of drug-likeness (QED) is 0.461. The van der Waals surface area contributed by atoms with E-state index in [-0.39, 0.29) is 17.6 Å².